The lowest BCUT2D eigenvalue weighted by molar-refractivity contribution is 0.145. The van der Waals surface area contributed by atoms with E-state index in [0.29, 0.717) is 11.6 Å². The largest absolute Gasteiger partial charge is 0.472 e. The monoisotopic (exact) mass is 376 g/mol. The molecule has 28 heavy (non-hydrogen) atoms. The molecular formula is C20H20N6O2. The van der Waals surface area contributed by atoms with Crippen molar-refractivity contribution in [2.24, 2.45) is 0 Å². The third-order valence-corrected chi connectivity index (χ3v) is 5.04. The number of benzene rings is 1. The molecule has 8 nitrogen and oxygen atoms in total. The van der Waals surface area contributed by atoms with E-state index >= 15 is 0 Å². The van der Waals surface area contributed by atoms with Crippen LogP contribution in [0.2, 0.25) is 0 Å². The molecular weight excluding hydrogens is 356 g/mol. The van der Waals surface area contributed by atoms with Gasteiger partial charge in [-0.2, -0.15) is 5.10 Å². The van der Waals surface area contributed by atoms with E-state index in [-0.39, 0.29) is 6.10 Å². The topological polar surface area (TPSA) is 103 Å². The van der Waals surface area contributed by atoms with Gasteiger partial charge in [0.05, 0.1) is 24.1 Å². The van der Waals surface area contributed by atoms with Gasteiger partial charge in [0.1, 0.15) is 17.3 Å². The third-order valence-electron chi connectivity index (χ3n) is 5.04. The van der Waals surface area contributed by atoms with Gasteiger partial charge in [0.2, 0.25) is 0 Å². The fourth-order valence-corrected chi connectivity index (χ4v) is 3.47. The number of H-pyrrole nitrogens is 1. The quantitative estimate of drug-likeness (QED) is 0.502. The fourth-order valence-electron chi connectivity index (χ4n) is 3.47. The van der Waals surface area contributed by atoms with Crippen LogP contribution in [0.4, 0.5) is 17.2 Å². The number of furan rings is 1. The molecule has 5 rings (SSSR count). The SMILES string of the molecule is OC1CCN(c2ccc(Nc3nc(-c4ccoc4)nc4cn[nH]c34)cc2)CC1. The Balaban J connectivity index is 1.41. The number of aliphatic hydroxyl groups is 1. The summed E-state index contributed by atoms with van der Waals surface area (Å²) < 4.78 is 5.15. The van der Waals surface area contributed by atoms with Gasteiger partial charge in [-0.3, -0.25) is 5.10 Å². The Morgan fingerprint density at radius 2 is 1.93 bits per heavy atom. The lowest BCUT2D eigenvalue weighted by atomic mass is 10.1. The van der Waals surface area contributed by atoms with Gasteiger partial charge in [-0.1, -0.05) is 0 Å². The normalized spacial score (nSPS) is 15.2. The summed E-state index contributed by atoms with van der Waals surface area (Å²) in [6, 6.07) is 10.1. The summed E-state index contributed by atoms with van der Waals surface area (Å²) in [5.41, 5.74) is 4.38. The molecule has 0 aliphatic carbocycles. The van der Waals surface area contributed by atoms with Gasteiger partial charge in [-0.25, -0.2) is 9.97 Å². The summed E-state index contributed by atoms with van der Waals surface area (Å²) in [6.07, 6.45) is 6.36. The lowest BCUT2D eigenvalue weighted by Gasteiger charge is -2.31. The minimum absolute atomic E-state index is 0.170. The van der Waals surface area contributed by atoms with Gasteiger partial charge in [0.25, 0.3) is 0 Å². The number of aromatic amines is 1. The number of piperidine rings is 1. The third kappa shape index (κ3) is 3.18. The maximum absolute atomic E-state index is 9.68. The highest BCUT2D eigenvalue weighted by Gasteiger charge is 2.17. The minimum atomic E-state index is -0.170. The van der Waals surface area contributed by atoms with E-state index in [1.54, 1.807) is 18.7 Å². The zero-order chi connectivity index (χ0) is 18.9. The maximum Gasteiger partial charge on any atom is 0.165 e. The van der Waals surface area contributed by atoms with Crippen LogP contribution in [0, 0.1) is 0 Å². The summed E-state index contributed by atoms with van der Waals surface area (Å²) in [5.74, 6) is 1.24. The minimum Gasteiger partial charge on any atom is -0.472 e. The molecule has 0 saturated carbocycles. The van der Waals surface area contributed by atoms with E-state index in [0.717, 1.165) is 53.9 Å². The van der Waals surface area contributed by atoms with E-state index in [9.17, 15) is 5.11 Å². The van der Waals surface area contributed by atoms with Crippen molar-refractivity contribution in [1.82, 2.24) is 20.2 Å². The van der Waals surface area contributed by atoms with Crippen molar-refractivity contribution < 1.29 is 9.52 Å². The van der Waals surface area contributed by atoms with Crippen LogP contribution in [0.3, 0.4) is 0 Å². The van der Waals surface area contributed by atoms with Crippen molar-refractivity contribution in [3.63, 3.8) is 0 Å². The smallest absolute Gasteiger partial charge is 0.165 e. The first-order valence-corrected chi connectivity index (χ1v) is 9.30. The fraction of sp³-hybridized carbons (Fsp3) is 0.250. The van der Waals surface area contributed by atoms with Crippen LogP contribution in [0.25, 0.3) is 22.4 Å². The molecule has 1 aliphatic heterocycles. The number of nitrogens with zero attached hydrogens (tertiary/aromatic N) is 4. The highest BCUT2D eigenvalue weighted by molar-refractivity contribution is 5.88. The summed E-state index contributed by atoms with van der Waals surface area (Å²) >= 11 is 0. The van der Waals surface area contributed by atoms with E-state index in [4.69, 9.17) is 4.42 Å². The molecule has 1 aliphatic rings. The molecule has 1 saturated heterocycles. The Labute approximate surface area is 161 Å². The van der Waals surface area contributed by atoms with Crippen molar-refractivity contribution in [2.75, 3.05) is 23.3 Å². The standard InChI is InChI=1S/C20H20N6O2/c27-16-5-8-26(9-6-16)15-3-1-14(2-4-15)22-20-18-17(11-21-25-18)23-19(24-20)13-7-10-28-12-13/h1-4,7,10-12,16,27H,5-6,8-9H2,(H,21,25)(H,22,23,24). The number of fused-ring (bicyclic) bond motifs is 1. The molecule has 1 aromatic carbocycles. The number of aromatic nitrogens is 4. The summed E-state index contributed by atoms with van der Waals surface area (Å²) in [5, 5.41) is 20.1. The molecule has 0 bridgehead atoms. The van der Waals surface area contributed by atoms with Gasteiger partial charge >= 0.3 is 0 Å². The number of hydrogen-bond acceptors (Lipinski definition) is 7. The van der Waals surface area contributed by atoms with Crippen LogP contribution >= 0.6 is 0 Å². The van der Waals surface area contributed by atoms with Crippen molar-refractivity contribution in [1.29, 1.82) is 0 Å². The van der Waals surface area contributed by atoms with Crippen LogP contribution in [0.5, 0.6) is 0 Å². The van der Waals surface area contributed by atoms with Gasteiger partial charge in [0, 0.05) is 24.5 Å². The van der Waals surface area contributed by atoms with Crippen molar-refractivity contribution in [3.8, 4) is 11.4 Å². The Bertz CT molecular complexity index is 1070. The number of rotatable bonds is 4. The molecule has 8 heteroatoms. The van der Waals surface area contributed by atoms with Crippen molar-refractivity contribution in [3.05, 3.63) is 49.1 Å². The number of anilines is 3. The highest BCUT2D eigenvalue weighted by Crippen LogP contribution is 2.27. The van der Waals surface area contributed by atoms with Gasteiger partial charge < -0.3 is 19.7 Å². The van der Waals surface area contributed by atoms with E-state index in [2.05, 4.69) is 42.5 Å². The highest BCUT2D eigenvalue weighted by atomic mass is 16.3. The number of hydrogen-bond donors (Lipinski definition) is 3. The van der Waals surface area contributed by atoms with E-state index < -0.39 is 0 Å². The van der Waals surface area contributed by atoms with Crippen LogP contribution in [0.15, 0.2) is 53.5 Å². The molecule has 1 fully saturated rings. The summed E-state index contributed by atoms with van der Waals surface area (Å²) in [4.78, 5) is 11.5. The lowest BCUT2D eigenvalue weighted by Crippen LogP contribution is -2.35. The van der Waals surface area contributed by atoms with E-state index in [1.165, 1.54) is 0 Å². The molecule has 3 N–H and O–H groups in total. The maximum atomic E-state index is 9.68. The van der Waals surface area contributed by atoms with Crippen LogP contribution < -0.4 is 10.2 Å². The molecule has 3 aromatic heterocycles. The van der Waals surface area contributed by atoms with Crippen LogP contribution in [-0.2, 0) is 0 Å². The zero-order valence-corrected chi connectivity index (χ0v) is 15.2. The average molecular weight is 376 g/mol. The second-order valence-electron chi connectivity index (χ2n) is 6.93. The molecule has 0 atom stereocenters. The van der Waals surface area contributed by atoms with Gasteiger partial charge in [-0.05, 0) is 43.2 Å². The van der Waals surface area contributed by atoms with Crippen LogP contribution in [0.1, 0.15) is 12.8 Å². The predicted molar refractivity (Wildman–Crippen MR) is 107 cm³/mol. The Morgan fingerprint density at radius 1 is 1.11 bits per heavy atom. The predicted octanol–water partition coefficient (Wildman–Crippen LogP) is 3.32. The van der Waals surface area contributed by atoms with Crippen molar-refractivity contribution in [2.45, 2.75) is 18.9 Å². The molecule has 4 heterocycles. The van der Waals surface area contributed by atoms with Gasteiger partial charge in [0.15, 0.2) is 11.6 Å². The Morgan fingerprint density at radius 3 is 2.68 bits per heavy atom. The molecule has 4 aromatic rings. The second-order valence-corrected chi connectivity index (χ2v) is 6.93. The molecule has 0 radical (unpaired) electrons. The number of aliphatic hydroxyl groups excluding tert-OH is 1. The second kappa shape index (κ2) is 6.97. The summed E-state index contributed by atoms with van der Waals surface area (Å²) in [6.45, 7) is 1.76. The van der Waals surface area contributed by atoms with Crippen molar-refractivity contribution >= 4 is 28.2 Å². The molecule has 0 amide bonds. The first-order chi connectivity index (χ1) is 13.8. The first kappa shape index (κ1) is 16.8. The molecule has 0 unspecified atom stereocenters. The first-order valence-electron chi connectivity index (χ1n) is 9.30. The zero-order valence-electron chi connectivity index (χ0n) is 15.2. The summed E-state index contributed by atoms with van der Waals surface area (Å²) in [7, 11) is 0. The van der Waals surface area contributed by atoms with Crippen LogP contribution in [-0.4, -0.2) is 44.5 Å². The number of nitrogens with one attached hydrogen (secondary N) is 2. The molecule has 142 valence electrons. The Kier molecular flexibility index (Phi) is 4.17. The molecule has 0 spiro atoms. The average Bonchev–Trinajstić information content (AvgIpc) is 3.41. The van der Waals surface area contributed by atoms with E-state index in [1.807, 2.05) is 18.2 Å². The van der Waals surface area contributed by atoms with Gasteiger partial charge in [-0.15, -0.1) is 0 Å². The Hall–Kier alpha value is -3.39.